The van der Waals surface area contributed by atoms with E-state index in [0.29, 0.717) is 0 Å². The molecule has 10 heavy (non-hydrogen) atoms. The second kappa shape index (κ2) is 4.54. The molecule has 0 amide bonds. The van der Waals surface area contributed by atoms with Crippen LogP contribution < -0.4 is 0 Å². The Morgan fingerprint density at radius 3 is 2.00 bits per heavy atom. The van der Waals surface area contributed by atoms with Gasteiger partial charge in [-0.1, -0.05) is 39.3 Å². The summed E-state index contributed by atoms with van der Waals surface area (Å²) in [7, 11) is 0. The number of hydrogen-bond acceptors (Lipinski definition) is 0. The summed E-state index contributed by atoms with van der Waals surface area (Å²) in [5.74, 6) is 1.50. The van der Waals surface area contributed by atoms with E-state index in [2.05, 4.69) is 34.3 Å². The summed E-state index contributed by atoms with van der Waals surface area (Å²) in [6.07, 6.45) is 2.57. The molecule has 0 N–H and O–H groups in total. The van der Waals surface area contributed by atoms with Crippen LogP contribution in [0.5, 0.6) is 0 Å². The van der Waals surface area contributed by atoms with Gasteiger partial charge in [-0.25, -0.2) is 0 Å². The average Bonchev–Trinajstić information content (AvgIpc) is 1.81. The lowest BCUT2D eigenvalue weighted by atomic mass is 9.86. The minimum absolute atomic E-state index is 0.741. The van der Waals surface area contributed by atoms with Crippen molar-refractivity contribution >= 4 is 0 Å². The van der Waals surface area contributed by atoms with Crippen LogP contribution in [0.1, 0.15) is 40.5 Å². The molecule has 0 heterocycles. The fourth-order valence-corrected chi connectivity index (χ4v) is 1.46. The van der Waals surface area contributed by atoms with Gasteiger partial charge in [0.2, 0.25) is 0 Å². The van der Waals surface area contributed by atoms with E-state index in [1.165, 1.54) is 18.4 Å². The summed E-state index contributed by atoms with van der Waals surface area (Å²) in [6, 6.07) is 0. The lowest BCUT2D eigenvalue weighted by molar-refractivity contribution is 0.412. The molecule has 0 saturated carbocycles. The fraction of sp³-hybridized carbons (Fsp3) is 0.800. The topological polar surface area (TPSA) is 0 Å². The Morgan fingerprint density at radius 2 is 1.90 bits per heavy atom. The van der Waals surface area contributed by atoms with E-state index in [0.717, 1.165) is 11.8 Å². The molecule has 0 aliphatic carbocycles. The van der Waals surface area contributed by atoms with Crippen molar-refractivity contribution < 1.29 is 0 Å². The molecular formula is C10H20. The minimum Gasteiger partial charge on any atom is -0.0999 e. The monoisotopic (exact) mass is 140 g/mol. The third-order valence-electron chi connectivity index (χ3n) is 2.04. The van der Waals surface area contributed by atoms with Crippen LogP contribution in [0.4, 0.5) is 0 Å². The lowest BCUT2D eigenvalue weighted by Crippen LogP contribution is -2.08. The molecule has 0 aliphatic heterocycles. The molecule has 0 heteroatoms. The van der Waals surface area contributed by atoms with Gasteiger partial charge in [0.05, 0.1) is 0 Å². The van der Waals surface area contributed by atoms with Gasteiger partial charge in [0.15, 0.2) is 0 Å². The third kappa shape index (κ3) is 3.05. The first-order chi connectivity index (χ1) is 4.59. The van der Waals surface area contributed by atoms with Crippen molar-refractivity contribution in [2.24, 2.45) is 11.8 Å². The number of rotatable bonds is 4. The lowest BCUT2D eigenvalue weighted by Gasteiger charge is -2.19. The van der Waals surface area contributed by atoms with Crippen LogP contribution in [0.3, 0.4) is 0 Å². The maximum absolute atomic E-state index is 4.00. The number of hydrogen-bond donors (Lipinski definition) is 0. The Kier molecular flexibility index (Phi) is 4.42. The zero-order chi connectivity index (χ0) is 8.15. The maximum Gasteiger partial charge on any atom is -0.0186 e. The molecule has 0 aromatic rings. The first-order valence-electron chi connectivity index (χ1n) is 4.25. The Labute approximate surface area is 65.3 Å². The highest BCUT2D eigenvalue weighted by molar-refractivity contribution is 4.96. The molecule has 0 aromatic carbocycles. The van der Waals surface area contributed by atoms with Crippen molar-refractivity contribution in [1.29, 1.82) is 0 Å². The van der Waals surface area contributed by atoms with Gasteiger partial charge >= 0.3 is 0 Å². The van der Waals surface area contributed by atoms with Crippen molar-refractivity contribution in [3.63, 3.8) is 0 Å². The van der Waals surface area contributed by atoms with Crippen molar-refractivity contribution in [3.8, 4) is 0 Å². The van der Waals surface area contributed by atoms with Crippen LogP contribution in [0.25, 0.3) is 0 Å². The SMILES string of the molecule is C=C(C)[C@H](CCC)C(C)C. The number of allylic oxidation sites excluding steroid dienone is 1. The second-order valence-electron chi connectivity index (χ2n) is 3.49. The molecular weight excluding hydrogens is 120 g/mol. The van der Waals surface area contributed by atoms with E-state index >= 15 is 0 Å². The largest absolute Gasteiger partial charge is 0.0999 e. The molecule has 0 aromatic heterocycles. The van der Waals surface area contributed by atoms with E-state index in [-0.39, 0.29) is 0 Å². The van der Waals surface area contributed by atoms with Gasteiger partial charge in [-0.15, -0.1) is 0 Å². The molecule has 0 rings (SSSR count). The Hall–Kier alpha value is -0.260. The van der Waals surface area contributed by atoms with Crippen LogP contribution in [-0.2, 0) is 0 Å². The molecule has 0 spiro atoms. The minimum atomic E-state index is 0.741. The summed E-state index contributed by atoms with van der Waals surface area (Å²) in [5.41, 5.74) is 1.34. The standard InChI is InChI=1S/C10H20/c1-6-7-10(8(2)3)9(4)5/h9-10H,2,6-7H2,1,3-5H3/t10-/m0/s1. The van der Waals surface area contributed by atoms with Gasteiger partial charge in [-0.05, 0) is 25.2 Å². The van der Waals surface area contributed by atoms with Crippen molar-refractivity contribution in [3.05, 3.63) is 12.2 Å². The van der Waals surface area contributed by atoms with E-state index < -0.39 is 0 Å². The summed E-state index contributed by atoms with van der Waals surface area (Å²) in [6.45, 7) is 12.9. The summed E-state index contributed by atoms with van der Waals surface area (Å²) < 4.78 is 0. The van der Waals surface area contributed by atoms with Crippen molar-refractivity contribution in [2.75, 3.05) is 0 Å². The van der Waals surface area contributed by atoms with E-state index in [1.54, 1.807) is 0 Å². The van der Waals surface area contributed by atoms with E-state index in [4.69, 9.17) is 0 Å². The first kappa shape index (κ1) is 9.74. The van der Waals surface area contributed by atoms with Crippen LogP contribution in [0.2, 0.25) is 0 Å². The fourth-order valence-electron chi connectivity index (χ4n) is 1.46. The van der Waals surface area contributed by atoms with Gasteiger partial charge in [0, 0.05) is 0 Å². The molecule has 0 nitrogen and oxygen atoms in total. The van der Waals surface area contributed by atoms with Gasteiger partial charge in [-0.2, -0.15) is 0 Å². The van der Waals surface area contributed by atoms with Crippen LogP contribution in [-0.4, -0.2) is 0 Å². The van der Waals surface area contributed by atoms with Crippen LogP contribution >= 0.6 is 0 Å². The molecule has 1 atom stereocenters. The van der Waals surface area contributed by atoms with Gasteiger partial charge in [-0.3, -0.25) is 0 Å². The summed E-state index contributed by atoms with van der Waals surface area (Å²) >= 11 is 0. The summed E-state index contributed by atoms with van der Waals surface area (Å²) in [5, 5.41) is 0. The molecule has 0 aliphatic rings. The highest BCUT2D eigenvalue weighted by Crippen LogP contribution is 2.23. The van der Waals surface area contributed by atoms with Gasteiger partial charge < -0.3 is 0 Å². The normalized spacial score (nSPS) is 13.7. The molecule has 0 radical (unpaired) electrons. The molecule has 0 bridgehead atoms. The molecule has 0 saturated heterocycles. The Balaban J connectivity index is 3.85. The highest BCUT2D eigenvalue weighted by atomic mass is 14.2. The quantitative estimate of drug-likeness (QED) is 0.523. The predicted octanol–water partition coefficient (Wildman–Crippen LogP) is 3.63. The molecule has 0 unspecified atom stereocenters. The Morgan fingerprint density at radius 1 is 1.40 bits per heavy atom. The predicted molar refractivity (Wildman–Crippen MR) is 48.1 cm³/mol. The zero-order valence-electron chi connectivity index (χ0n) is 7.78. The third-order valence-corrected chi connectivity index (χ3v) is 2.04. The van der Waals surface area contributed by atoms with E-state index in [1.807, 2.05) is 0 Å². The zero-order valence-corrected chi connectivity index (χ0v) is 7.78. The molecule has 0 fully saturated rings. The highest BCUT2D eigenvalue weighted by Gasteiger charge is 2.11. The maximum atomic E-state index is 4.00. The summed E-state index contributed by atoms with van der Waals surface area (Å²) in [4.78, 5) is 0. The van der Waals surface area contributed by atoms with Crippen molar-refractivity contribution in [2.45, 2.75) is 40.5 Å². The van der Waals surface area contributed by atoms with Gasteiger partial charge in [0.1, 0.15) is 0 Å². The Bertz CT molecular complexity index is 101. The van der Waals surface area contributed by atoms with E-state index in [9.17, 15) is 0 Å². The first-order valence-corrected chi connectivity index (χ1v) is 4.25. The van der Waals surface area contributed by atoms with Gasteiger partial charge in [0.25, 0.3) is 0 Å². The molecule has 60 valence electrons. The van der Waals surface area contributed by atoms with Crippen molar-refractivity contribution in [1.82, 2.24) is 0 Å². The van der Waals surface area contributed by atoms with Crippen LogP contribution in [0, 0.1) is 11.8 Å². The smallest absolute Gasteiger partial charge is 0.0186 e. The second-order valence-corrected chi connectivity index (χ2v) is 3.49. The average molecular weight is 140 g/mol. The van der Waals surface area contributed by atoms with Crippen LogP contribution in [0.15, 0.2) is 12.2 Å².